The van der Waals surface area contributed by atoms with Gasteiger partial charge in [0.1, 0.15) is 5.75 Å². The molecule has 0 spiro atoms. The number of phenols is 1. The fourth-order valence-corrected chi connectivity index (χ4v) is 1.38. The topological polar surface area (TPSA) is 32.3 Å². The molecule has 0 heterocycles. The molecule has 0 aliphatic rings. The van der Waals surface area contributed by atoms with Gasteiger partial charge in [-0.25, -0.2) is 0 Å². The summed E-state index contributed by atoms with van der Waals surface area (Å²) in [6.07, 6.45) is -4.46. The molecule has 0 atom stereocenters. The van der Waals surface area contributed by atoms with Crippen LogP contribution in [0.3, 0.4) is 0 Å². The predicted octanol–water partition coefficient (Wildman–Crippen LogP) is 2.78. The molecule has 0 unspecified atom stereocenters. The Balaban J connectivity index is 3.23. The number of rotatable bonds is 2. The number of aromatic hydroxyl groups is 1. The van der Waals surface area contributed by atoms with Crippen molar-refractivity contribution in [1.82, 2.24) is 5.32 Å². The van der Waals surface area contributed by atoms with Gasteiger partial charge in [0, 0.05) is 12.1 Å². The van der Waals surface area contributed by atoms with Crippen molar-refractivity contribution in [2.75, 3.05) is 7.05 Å². The maximum atomic E-state index is 12.4. The molecule has 1 rings (SSSR count). The first-order valence-electron chi connectivity index (χ1n) is 4.09. The lowest BCUT2D eigenvalue weighted by molar-refractivity contribution is -0.137. The number of benzene rings is 1. The zero-order chi connectivity index (χ0) is 11.6. The zero-order valence-electron chi connectivity index (χ0n) is 7.82. The fraction of sp³-hybridized carbons (Fsp3) is 0.333. The molecule has 15 heavy (non-hydrogen) atoms. The minimum absolute atomic E-state index is 0.121. The van der Waals surface area contributed by atoms with E-state index in [0.29, 0.717) is 6.07 Å². The Morgan fingerprint density at radius 1 is 1.40 bits per heavy atom. The number of hydrogen-bond acceptors (Lipinski definition) is 2. The van der Waals surface area contributed by atoms with Crippen molar-refractivity contribution in [3.8, 4) is 5.75 Å². The summed E-state index contributed by atoms with van der Waals surface area (Å²) in [7, 11) is 1.56. The first kappa shape index (κ1) is 12.1. The van der Waals surface area contributed by atoms with Gasteiger partial charge in [0.05, 0.1) is 10.6 Å². The van der Waals surface area contributed by atoms with Crippen molar-refractivity contribution in [2.24, 2.45) is 0 Å². The summed E-state index contributed by atoms with van der Waals surface area (Å²) in [5.41, 5.74) is -0.743. The van der Waals surface area contributed by atoms with Gasteiger partial charge in [-0.05, 0) is 19.2 Å². The van der Waals surface area contributed by atoms with E-state index in [1.807, 2.05) is 0 Å². The van der Waals surface area contributed by atoms with Crippen LogP contribution < -0.4 is 5.32 Å². The van der Waals surface area contributed by atoms with Crippen LogP contribution in [0.2, 0.25) is 5.02 Å². The molecule has 2 N–H and O–H groups in total. The van der Waals surface area contributed by atoms with Crippen LogP contribution in [0.25, 0.3) is 0 Å². The number of halogens is 4. The van der Waals surface area contributed by atoms with Gasteiger partial charge < -0.3 is 10.4 Å². The van der Waals surface area contributed by atoms with E-state index < -0.39 is 11.7 Å². The molecule has 84 valence electrons. The van der Waals surface area contributed by atoms with Crippen LogP contribution in [0.15, 0.2) is 12.1 Å². The smallest absolute Gasteiger partial charge is 0.416 e. The summed E-state index contributed by atoms with van der Waals surface area (Å²) in [6.45, 7) is 0.121. The maximum Gasteiger partial charge on any atom is 0.416 e. The van der Waals surface area contributed by atoms with E-state index in [2.05, 4.69) is 5.32 Å². The van der Waals surface area contributed by atoms with Crippen LogP contribution in [0.1, 0.15) is 11.1 Å². The molecular weight excluding hydrogens is 231 g/mol. The third-order valence-corrected chi connectivity index (χ3v) is 2.13. The summed E-state index contributed by atoms with van der Waals surface area (Å²) in [5.74, 6) is -0.320. The van der Waals surface area contributed by atoms with E-state index in [0.717, 1.165) is 6.07 Å². The molecule has 2 nitrogen and oxygen atoms in total. The molecule has 1 aromatic rings. The quantitative estimate of drug-likeness (QED) is 0.832. The van der Waals surface area contributed by atoms with Crippen LogP contribution in [0.5, 0.6) is 5.75 Å². The Kier molecular flexibility index (Phi) is 3.46. The van der Waals surface area contributed by atoms with E-state index in [1.165, 1.54) is 0 Å². The second-order valence-corrected chi connectivity index (χ2v) is 3.40. The summed E-state index contributed by atoms with van der Waals surface area (Å²) in [4.78, 5) is 0. The number of nitrogens with one attached hydrogen (secondary N) is 1. The molecule has 0 saturated carbocycles. The molecule has 0 aliphatic carbocycles. The van der Waals surface area contributed by atoms with Crippen molar-refractivity contribution >= 4 is 11.6 Å². The highest BCUT2D eigenvalue weighted by Gasteiger charge is 2.31. The summed E-state index contributed by atoms with van der Waals surface area (Å²) >= 11 is 5.48. The van der Waals surface area contributed by atoms with E-state index in [9.17, 15) is 18.3 Å². The molecule has 1 aromatic carbocycles. The Morgan fingerprint density at radius 3 is 2.47 bits per heavy atom. The highest BCUT2D eigenvalue weighted by Crippen LogP contribution is 2.36. The van der Waals surface area contributed by atoms with Gasteiger partial charge in [-0.2, -0.15) is 13.2 Å². The van der Waals surface area contributed by atoms with E-state index >= 15 is 0 Å². The van der Waals surface area contributed by atoms with Crippen LogP contribution in [0.4, 0.5) is 13.2 Å². The lowest BCUT2D eigenvalue weighted by Gasteiger charge is -2.11. The highest BCUT2D eigenvalue weighted by atomic mass is 35.5. The monoisotopic (exact) mass is 239 g/mol. The van der Waals surface area contributed by atoms with Gasteiger partial charge >= 0.3 is 6.18 Å². The molecular formula is C9H9ClF3NO. The van der Waals surface area contributed by atoms with Crippen molar-refractivity contribution in [2.45, 2.75) is 12.7 Å². The second kappa shape index (κ2) is 4.28. The van der Waals surface area contributed by atoms with Crippen molar-refractivity contribution in [1.29, 1.82) is 0 Å². The molecule has 0 amide bonds. The van der Waals surface area contributed by atoms with Gasteiger partial charge in [-0.3, -0.25) is 0 Å². The van der Waals surface area contributed by atoms with Gasteiger partial charge in [0.25, 0.3) is 0 Å². The summed E-state index contributed by atoms with van der Waals surface area (Å²) in [5, 5.41) is 11.7. The van der Waals surface area contributed by atoms with Gasteiger partial charge in [-0.15, -0.1) is 0 Å². The van der Waals surface area contributed by atoms with E-state index in [4.69, 9.17) is 11.6 Å². The van der Waals surface area contributed by atoms with Gasteiger partial charge in [0.2, 0.25) is 0 Å². The minimum Gasteiger partial charge on any atom is -0.506 e. The summed E-state index contributed by atoms with van der Waals surface area (Å²) < 4.78 is 37.1. The van der Waals surface area contributed by atoms with Crippen molar-refractivity contribution < 1.29 is 18.3 Å². The largest absolute Gasteiger partial charge is 0.506 e. The first-order valence-corrected chi connectivity index (χ1v) is 4.47. The lowest BCUT2D eigenvalue weighted by atomic mass is 10.1. The third kappa shape index (κ3) is 2.76. The van der Waals surface area contributed by atoms with Crippen LogP contribution in [-0.2, 0) is 12.7 Å². The minimum atomic E-state index is -4.46. The molecule has 0 radical (unpaired) electrons. The number of hydrogen-bond donors (Lipinski definition) is 2. The van der Waals surface area contributed by atoms with E-state index in [1.54, 1.807) is 7.05 Å². The molecule has 6 heteroatoms. The summed E-state index contributed by atoms with van der Waals surface area (Å²) in [6, 6.07) is 1.58. The molecule has 0 bridgehead atoms. The molecule has 0 fully saturated rings. The lowest BCUT2D eigenvalue weighted by Crippen LogP contribution is -2.09. The van der Waals surface area contributed by atoms with Gasteiger partial charge in [0.15, 0.2) is 0 Å². The zero-order valence-corrected chi connectivity index (χ0v) is 8.58. The number of alkyl halides is 3. The van der Waals surface area contributed by atoms with Crippen LogP contribution in [-0.4, -0.2) is 12.2 Å². The Bertz CT molecular complexity index is 365. The molecule has 0 aromatic heterocycles. The SMILES string of the molecule is CNCc1cc(C(F)(F)F)cc(Cl)c1O. The van der Waals surface area contributed by atoms with E-state index in [-0.39, 0.29) is 22.9 Å². The predicted molar refractivity (Wildman–Crippen MR) is 50.9 cm³/mol. The standard InChI is InChI=1S/C9H9ClF3NO/c1-14-4-5-2-6(9(11,12)13)3-7(10)8(5)15/h2-3,14-15H,4H2,1H3. The molecule has 0 saturated heterocycles. The second-order valence-electron chi connectivity index (χ2n) is 2.99. The average molecular weight is 240 g/mol. The Hall–Kier alpha value is -0.940. The molecule has 0 aliphatic heterocycles. The van der Waals surface area contributed by atoms with Crippen molar-refractivity contribution in [3.05, 3.63) is 28.3 Å². The Morgan fingerprint density at radius 2 is 2.00 bits per heavy atom. The maximum absolute atomic E-state index is 12.4. The third-order valence-electron chi connectivity index (χ3n) is 1.84. The number of phenolic OH excluding ortho intramolecular Hbond substituents is 1. The van der Waals surface area contributed by atoms with Gasteiger partial charge in [-0.1, -0.05) is 11.6 Å². The fourth-order valence-electron chi connectivity index (χ4n) is 1.14. The van der Waals surface area contributed by atoms with Crippen LogP contribution in [0, 0.1) is 0 Å². The average Bonchev–Trinajstić information content (AvgIpc) is 2.11. The first-order chi connectivity index (χ1) is 6.86. The Labute approximate surface area is 89.7 Å². The normalized spacial score (nSPS) is 11.8. The van der Waals surface area contributed by atoms with Crippen LogP contribution >= 0.6 is 11.6 Å². The highest BCUT2D eigenvalue weighted by molar-refractivity contribution is 6.32. The van der Waals surface area contributed by atoms with Crippen molar-refractivity contribution in [3.63, 3.8) is 0 Å².